The normalized spacial score (nSPS) is 15.5. The van der Waals surface area contributed by atoms with E-state index in [0.29, 0.717) is 11.5 Å². The smallest absolute Gasteiger partial charge is 0.274 e. The fourth-order valence-corrected chi connectivity index (χ4v) is 2.53. The van der Waals surface area contributed by atoms with E-state index in [1.54, 1.807) is 12.4 Å². The number of carbonyl (C=O) groups is 1. The highest BCUT2D eigenvalue weighted by atomic mass is 16.2. The summed E-state index contributed by atoms with van der Waals surface area (Å²) in [5, 5.41) is 3.22. The lowest BCUT2D eigenvalue weighted by Crippen LogP contribution is -2.47. The molecule has 23 heavy (non-hydrogen) atoms. The zero-order chi connectivity index (χ0) is 16.2. The van der Waals surface area contributed by atoms with E-state index in [1.165, 1.54) is 0 Å². The molecule has 6 heteroatoms. The van der Waals surface area contributed by atoms with Crippen LogP contribution in [0, 0.1) is 6.92 Å². The number of hydrogen-bond acceptors (Lipinski definition) is 5. The molecule has 0 atom stereocenters. The largest absolute Gasteiger partial charge is 0.339 e. The van der Waals surface area contributed by atoms with Gasteiger partial charge in [-0.15, -0.1) is 0 Å². The van der Waals surface area contributed by atoms with Gasteiger partial charge in [0, 0.05) is 31.9 Å². The highest BCUT2D eigenvalue weighted by molar-refractivity contribution is 5.92. The van der Waals surface area contributed by atoms with E-state index >= 15 is 0 Å². The molecule has 2 aromatic rings. The minimum absolute atomic E-state index is 0.0481. The van der Waals surface area contributed by atoms with Crippen molar-refractivity contribution in [2.75, 3.05) is 38.5 Å². The second-order valence-corrected chi connectivity index (χ2v) is 5.82. The van der Waals surface area contributed by atoms with Crippen molar-refractivity contribution in [3.63, 3.8) is 0 Å². The van der Waals surface area contributed by atoms with Crippen molar-refractivity contribution in [3.8, 4) is 0 Å². The predicted octanol–water partition coefficient (Wildman–Crippen LogP) is 1.92. The summed E-state index contributed by atoms with van der Waals surface area (Å²) in [7, 11) is 2.06. The number of aromatic nitrogens is 2. The van der Waals surface area contributed by atoms with Gasteiger partial charge < -0.3 is 15.1 Å². The summed E-state index contributed by atoms with van der Waals surface area (Å²) >= 11 is 0. The summed E-state index contributed by atoms with van der Waals surface area (Å²) in [5.74, 6) is 0.585. The Morgan fingerprint density at radius 1 is 1.09 bits per heavy atom. The second-order valence-electron chi connectivity index (χ2n) is 5.82. The molecule has 1 aliphatic heterocycles. The summed E-state index contributed by atoms with van der Waals surface area (Å²) in [6.45, 7) is 5.29. The zero-order valence-electron chi connectivity index (χ0n) is 13.5. The van der Waals surface area contributed by atoms with Crippen molar-refractivity contribution in [2.45, 2.75) is 6.92 Å². The van der Waals surface area contributed by atoms with Crippen LogP contribution in [0.1, 0.15) is 16.1 Å². The van der Waals surface area contributed by atoms with Gasteiger partial charge in [-0.1, -0.05) is 18.2 Å². The molecule has 1 aromatic carbocycles. The zero-order valence-corrected chi connectivity index (χ0v) is 13.5. The van der Waals surface area contributed by atoms with Crippen LogP contribution in [0.5, 0.6) is 0 Å². The molecule has 0 bridgehead atoms. The highest BCUT2D eigenvalue weighted by Crippen LogP contribution is 2.18. The molecular formula is C17H21N5O. The fraction of sp³-hybridized carbons (Fsp3) is 0.353. The molecule has 0 aliphatic carbocycles. The van der Waals surface area contributed by atoms with Crippen LogP contribution in [0.4, 0.5) is 11.5 Å². The first-order valence-electron chi connectivity index (χ1n) is 7.76. The third-order valence-electron chi connectivity index (χ3n) is 4.07. The van der Waals surface area contributed by atoms with Crippen molar-refractivity contribution in [3.05, 3.63) is 47.9 Å². The minimum Gasteiger partial charge on any atom is -0.339 e. The van der Waals surface area contributed by atoms with E-state index in [-0.39, 0.29) is 5.91 Å². The maximum Gasteiger partial charge on any atom is 0.274 e. The summed E-state index contributed by atoms with van der Waals surface area (Å²) in [5.41, 5.74) is 2.51. The molecule has 0 saturated carbocycles. The van der Waals surface area contributed by atoms with Gasteiger partial charge in [-0.3, -0.25) is 4.79 Å². The molecule has 0 spiro atoms. The molecular weight excluding hydrogens is 290 g/mol. The number of nitrogens with one attached hydrogen (secondary N) is 1. The number of hydrogen-bond donors (Lipinski definition) is 1. The van der Waals surface area contributed by atoms with Crippen LogP contribution in [-0.2, 0) is 0 Å². The number of amides is 1. The Balaban J connectivity index is 1.67. The Morgan fingerprint density at radius 3 is 2.48 bits per heavy atom. The van der Waals surface area contributed by atoms with Crippen molar-refractivity contribution in [1.82, 2.24) is 19.8 Å². The van der Waals surface area contributed by atoms with Gasteiger partial charge in [-0.05, 0) is 25.6 Å². The van der Waals surface area contributed by atoms with Crippen molar-refractivity contribution >= 4 is 17.4 Å². The Morgan fingerprint density at radius 2 is 1.83 bits per heavy atom. The standard InChI is InChI=1S/C17H21N5O/c1-13-5-3-4-6-14(13)20-16-12-18-15(11-19-16)17(23)22-9-7-21(2)8-10-22/h3-6,11-12H,7-10H2,1-2H3,(H,19,20). The average Bonchev–Trinajstić information content (AvgIpc) is 2.58. The first-order valence-corrected chi connectivity index (χ1v) is 7.76. The maximum atomic E-state index is 12.4. The van der Waals surface area contributed by atoms with Crippen LogP contribution in [0.25, 0.3) is 0 Å². The molecule has 1 aliphatic rings. The van der Waals surface area contributed by atoms with Crippen LogP contribution in [0.3, 0.4) is 0 Å². The molecule has 1 N–H and O–H groups in total. The number of para-hydroxylation sites is 1. The van der Waals surface area contributed by atoms with Crippen LogP contribution in [0.15, 0.2) is 36.7 Å². The van der Waals surface area contributed by atoms with E-state index in [9.17, 15) is 4.79 Å². The van der Waals surface area contributed by atoms with Gasteiger partial charge in [0.05, 0.1) is 12.4 Å². The number of rotatable bonds is 3. The third-order valence-corrected chi connectivity index (χ3v) is 4.07. The Hall–Kier alpha value is -2.47. The molecule has 1 aromatic heterocycles. The van der Waals surface area contributed by atoms with Gasteiger partial charge in [-0.25, -0.2) is 9.97 Å². The van der Waals surface area contributed by atoms with E-state index in [1.807, 2.05) is 36.1 Å². The Labute approximate surface area is 136 Å². The van der Waals surface area contributed by atoms with Crippen LogP contribution >= 0.6 is 0 Å². The molecule has 1 amide bonds. The van der Waals surface area contributed by atoms with Gasteiger partial charge in [0.15, 0.2) is 0 Å². The third kappa shape index (κ3) is 3.65. The SMILES string of the molecule is Cc1ccccc1Nc1cnc(C(=O)N2CCN(C)CC2)cn1. The van der Waals surface area contributed by atoms with Gasteiger partial charge in [-0.2, -0.15) is 0 Å². The highest BCUT2D eigenvalue weighted by Gasteiger charge is 2.21. The summed E-state index contributed by atoms with van der Waals surface area (Å²) in [4.78, 5) is 25.0. The van der Waals surface area contributed by atoms with E-state index in [0.717, 1.165) is 37.4 Å². The Bertz CT molecular complexity index is 678. The van der Waals surface area contributed by atoms with Crippen LogP contribution < -0.4 is 5.32 Å². The van der Waals surface area contributed by atoms with Crippen molar-refractivity contribution in [1.29, 1.82) is 0 Å². The number of piperazine rings is 1. The summed E-state index contributed by atoms with van der Waals surface area (Å²) < 4.78 is 0. The number of likely N-dealkylation sites (N-methyl/N-ethyl adjacent to an activating group) is 1. The summed E-state index contributed by atoms with van der Waals surface area (Å²) in [6, 6.07) is 7.97. The van der Waals surface area contributed by atoms with Gasteiger partial charge >= 0.3 is 0 Å². The van der Waals surface area contributed by atoms with Gasteiger partial charge in [0.2, 0.25) is 0 Å². The van der Waals surface area contributed by atoms with E-state index < -0.39 is 0 Å². The molecule has 0 radical (unpaired) electrons. The lowest BCUT2D eigenvalue weighted by molar-refractivity contribution is 0.0658. The first-order chi connectivity index (χ1) is 11.1. The average molecular weight is 311 g/mol. The predicted molar refractivity (Wildman–Crippen MR) is 89.9 cm³/mol. The molecule has 1 fully saturated rings. The summed E-state index contributed by atoms with van der Waals surface area (Å²) in [6.07, 6.45) is 3.15. The first kappa shape index (κ1) is 15.4. The molecule has 2 heterocycles. The van der Waals surface area contributed by atoms with E-state index in [4.69, 9.17) is 0 Å². The van der Waals surface area contributed by atoms with Crippen molar-refractivity contribution in [2.24, 2.45) is 0 Å². The maximum absolute atomic E-state index is 12.4. The Kier molecular flexibility index (Phi) is 4.52. The minimum atomic E-state index is -0.0481. The molecule has 1 saturated heterocycles. The molecule has 6 nitrogen and oxygen atoms in total. The molecule has 0 unspecified atom stereocenters. The van der Waals surface area contributed by atoms with Crippen LogP contribution in [-0.4, -0.2) is 58.9 Å². The van der Waals surface area contributed by atoms with Crippen LogP contribution in [0.2, 0.25) is 0 Å². The number of nitrogens with zero attached hydrogens (tertiary/aromatic N) is 4. The van der Waals surface area contributed by atoms with Gasteiger partial charge in [0.1, 0.15) is 11.5 Å². The second kappa shape index (κ2) is 6.75. The van der Waals surface area contributed by atoms with E-state index in [2.05, 4.69) is 27.2 Å². The lowest BCUT2D eigenvalue weighted by atomic mass is 10.2. The van der Waals surface area contributed by atoms with Crippen molar-refractivity contribution < 1.29 is 4.79 Å². The number of anilines is 2. The number of benzene rings is 1. The number of aryl methyl sites for hydroxylation is 1. The monoisotopic (exact) mass is 311 g/mol. The molecule has 3 rings (SSSR count). The fourth-order valence-electron chi connectivity index (χ4n) is 2.53. The quantitative estimate of drug-likeness (QED) is 0.938. The topological polar surface area (TPSA) is 61.4 Å². The molecule has 120 valence electrons. The van der Waals surface area contributed by atoms with Gasteiger partial charge in [0.25, 0.3) is 5.91 Å². The lowest BCUT2D eigenvalue weighted by Gasteiger charge is -2.32. The number of carbonyl (C=O) groups excluding carboxylic acids is 1.